The van der Waals surface area contributed by atoms with Gasteiger partial charge in [-0.05, 0) is 30.3 Å². The Morgan fingerprint density at radius 3 is 2.84 bits per heavy atom. The fraction of sp³-hybridized carbons (Fsp3) is 0.154. The number of carboxylic acid groups (broad SMARTS) is 1. The summed E-state index contributed by atoms with van der Waals surface area (Å²) in [7, 11) is 1.61. The number of thioether (sulfide) groups is 1. The maximum absolute atomic E-state index is 10.8. The van der Waals surface area contributed by atoms with Gasteiger partial charge in [0.05, 0.1) is 7.11 Å². The fourth-order valence-electron chi connectivity index (χ4n) is 1.49. The summed E-state index contributed by atoms with van der Waals surface area (Å²) in [6.07, 6.45) is 0. The molecule has 100 valence electrons. The first-order chi connectivity index (χ1) is 9.10. The second kappa shape index (κ2) is 5.99. The lowest BCUT2D eigenvalue weighted by molar-refractivity contribution is 0.0702. The molecule has 0 saturated heterocycles. The smallest absolute Gasteiger partial charge is 0.345 e. The standard InChI is InChI=1S/C13H13NO3S2/c1-17-8-2-4-10(14)12(6-8)18-7-9-3-5-11(19-9)13(15)16/h2-6H,7,14H2,1H3,(H,15,16). The molecule has 2 aromatic rings. The van der Waals surface area contributed by atoms with E-state index in [1.807, 2.05) is 18.2 Å². The number of rotatable bonds is 5. The number of hydrogen-bond donors (Lipinski definition) is 2. The molecular formula is C13H13NO3S2. The van der Waals surface area contributed by atoms with E-state index in [9.17, 15) is 4.79 Å². The van der Waals surface area contributed by atoms with Gasteiger partial charge in [-0.3, -0.25) is 0 Å². The maximum atomic E-state index is 10.8. The average Bonchev–Trinajstić information content (AvgIpc) is 2.87. The summed E-state index contributed by atoms with van der Waals surface area (Å²) in [5.74, 6) is 0.561. The molecule has 3 N–H and O–H groups in total. The first-order valence-corrected chi connectivity index (χ1v) is 7.28. The number of thiophene rings is 1. The molecular weight excluding hydrogens is 282 g/mol. The molecule has 6 heteroatoms. The lowest BCUT2D eigenvalue weighted by atomic mass is 10.3. The molecule has 0 saturated carbocycles. The van der Waals surface area contributed by atoms with E-state index in [0.29, 0.717) is 16.3 Å². The lowest BCUT2D eigenvalue weighted by Gasteiger charge is -2.07. The van der Waals surface area contributed by atoms with Gasteiger partial charge >= 0.3 is 5.97 Å². The van der Waals surface area contributed by atoms with Crippen LogP contribution < -0.4 is 10.5 Å². The van der Waals surface area contributed by atoms with Crippen molar-refractivity contribution in [2.75, 3.05) is 12.8 Å². The third kappa shape index (κ3) is 3.42. The normalized spacial score (nSPS) is 10.4. The van der Waals surface area contributed by atoms with Crippen LogP contribution >= 0.6 is 23.1 Å². The van der Waals surface area contributed by atoms with Gasteiger partial charge in [-0.1, -0.05) is 0 Å². The van der Waals surface area contributed by atoms with Crippen molar-refractivity contribution >= 4 is 34.8 Å². The Morgan fingerprint density at radius 2 is 2.21 bits per heavy atom. The Labute approximate surface area is 119 Å². The van der Waals surface area contributed by atoms with Crippen LogP contribution in [0, 0.1) is 0 Å². The molecule has 0 radical (unpaired) electrons. The Bertz CT molecular complexity index is 595. The SMILES string of the molecule is COc1ccc(N)c(SCc2ccc(C(=O)O)s2)c1. The second-order valence-electron chi connectivity index (χ2n) is 3.76. The number of carbonyl (C=O) groups is 1. The van der Waals surface area contributed by atoms with Crippen molar-refractivity contribution in [2.24, 2.45) is 0 Å². The van der Waals surface area contributed by atoms with Crippen molar-refractivity contribution in [1.29, 1.82) is 0 Å². The first kappa shape index (κ1) is 13.8. The fourth-order valence-corrected chi connectivity index (χ4v) is 3.37. The Kier molecular flexibility index (Phi) is 4.34. The van der Waals surface area contributed by atoms with E-state index < -0.39 is 5.97 Å². The number of benzene rings is 1. The molecule has 0 aliphatic rings. The third-order valence-electron chi connectivity index (χ3n) is 2.46. The van der Waals surface area contributed by atoms with Crippen LogP contribution in [0.1, 0.15) is 14.5 Å². The highest BCUT2D eigenvalue weighted by atomic mass is 32.2. The van der Waals surface area contributed by atoms with Crippen LogP contribution in [0.25, 0.3) is 0 Å². The molecule has 0 amide bonds. The van der Waals surface area contributed by atoms with Crippen LogP contribution in [0.5, 0.6) is 5.75 Å². The number of aromatic carboxylic acids is 1. The van der Waals surface area contributed by atoms with Gasteiger partial charge in [0.1, 0.15) is 10.6 Å². The van der Waals surface area contributed by atoms with Crippen LogP contribution in [-0.2, 0) is 5.75 Å². The van der Waals surface area contributed by atoms with Crippen molar-refractivity contribution in [3.63, 3.8) is 0 Å². The van der Waals surface area contributed by atoms with Gasteiger partial charge in [0.25, 0.3) is 0 Å². The largest absolute Gasteiger partial charge is 0.497 e. The lowest BCUT2D eigenvalue weighted by Crippen LogP contribution is -1.91. The maximum Gasteiger partial charge on any atom is 0.345 e. The van der Waals surface area contributed by atoms with Gasteiger partial charge in [0, 0.05) is 21.2 Å². The zero-order chi connectivity index (χ0) is 13.8. The number of methoxy groups -OCH3 is 1. The minimum Gasteiger partial charge on any atom is -0.497 e. The minimum absolute atomic E-state index is 0.356. The molecule has 0 fully saturated rings. The molecule has 0 unspecified atom stereocenters. The molecule has 0 aliphatic carbocycles. The van der Waals surface area contributed by atoms with Crippen LogP contribution in [0.2, 0.25) is 0 Å². The van der Waals surface area contributed by atoms with Crippen LogP contribution in [-0.4, -0.2) is 18.2 Å². The molecule has 0 atom stereocenters. The van der Waals surface area contributed by atoms with Crippen LogP contribution in [0.4, 0.5) is 5.69 Å². The molecule has 1 heterocycles. The monoisotopic (exact) mass is 295 g/mol. The number of ether oxygens (including phenoxy) is 1. The predicted molar refractivity (Wildman–Crippen MR) is 78.2 cm³/mol. The summed E-state index contributed by atoms with van der Waals surface area (Å²) in [6.45, 7) is 0. The van der Waals surface area contributed by atoms with Gasteiger partial charge in [0.2, 0.25) is 0 Å². The number of nitrogen functional groups attached to an aromatic ring is 1. The van der Waals surface area contributed by atoms with Gasteiger partial charge < -0.3 is 15.6 Å². The van der Waals surface area contributed by atoms with Gasteiger partial charge in [0.15, 0.2) is 0 Å². The van der Waals surface area contributed by atoms with E-state index in [4.69, 9.17) is 15.6 Å². The molecule has 2 rings (SSSR count). The third-order valence-corrected chi connectivity index (χ3v) is 4.84. The highest BCUT2D eigenvalue weighted by molar-refractivity contribution is 7.98. The topological polar surface area (TPSA) is 72.5 Å². The number of anilines is 1. The summed E-state index contributed by atoms with van der Waals surface area (Å²) in [5, 5.41) is 8.86. The van der Waals surface area contributed by atoms with E-state index >= 15 is 0 Å². The summed E-state index contributed by atoms with van der Waals surface area (Å²) >= 11 is 2.85. The Balaban J connectivity index is 2.07. The van der Waals surface area contributed by atoms with Gasteiger partial charge in [-0.15, -0.1) is 23.1 Å². The number of nitrogens with two attached hydrogens (primary N) is 1. The van der Waals surface area contributed by atoms with Gasteiger partial charge in [-0.25, -0.2) is 4.79 Å². The summed E-state index contributed by atoms with van der Waals surface area (Å²) in [5.41, 5.74) is 6.59. The molecule has 19 heavy (non-hydrogen) atoms. The highest BCUT2D eigenvalue weighted by Gasteiger charge is 2.08. The van der Waals surface area contributed by atoms with E-state index in [-0.39, 0.29) is 0 Å². The van der Waals surface area contributed by atoms with E-state index in [0.717, 1.165) is 15.5 Å². The zero-order valence-corrected chi connectivity index (χ0v) is 11.9. The molecule has 0 bridgehead atoms. The van der Waals surface area contributed by atoms with Crippen molar-refractivity contribution in [3.8, 4) is 5.75 Å². The van der Waals surface area contributed by atoms with E-state index in [1.54, 1.807) is 31.0 Å². The predicted octanol–water partition coefficient (Wildman–Crippen LogP) is 3.33. The highest BCUT2D eigenvalue weighted by Crippen LogP contribution is 2.33. The number of carboxylic acids is 1. The van der Waals surface area contributed by atoms with Crippen molar-refractivity contribution in [3.05, 3.63) is 40.1 Å². The first-order valence-electron chi connectivity index (χ1n) is 5.48. The summed E-state index contributed by atoms with van der Waals surface area (Å²) in [4.78, 5) is 13.1. The molecule has 4 nitrogen and oxygen atoms in total. The molecule has 0 spiro atoms. The Hall–Kier alpha value is -1.66. The summed E-state index contributed by atoms with van der Waals surface area (Å²) < 4.78 is 5.15. The second-order valence-corrected chi connectivity index (χ2v) is 5.95. The quantitative estimate of drug-likeness (QED) is 0.654. The van der Waals surface area contributed by atoms with E-state index in [1.165, 1.54) is 11.3 Å². The minimum atomic E-state index is -0.887. The average molecular weight is 295 g/mol. The zero-order valence-electron chi connectivity index (χ0n) is 10.3. The number of hydrogen-bond acceptors (Lipinski definition) is 5. The van der Waals surface area contributed by atoms with Gasteiger partial charge in [-0.2, -0.15) is 0 Å². The van der Waals surface area contributed by atoms with E-state index in [2.05, 4.69) is 0 Å². The summed E-state index contributed by atoms with van der Waals surface area (Å²) in [6, 6.07) is 8.95. The van der Waals surface area contributed by atoms with Crippen molar-refractivity contribution in [2.45, 2.75) is 10.6 Å². The molecule has 1 aromatic heterocycles. The van der Waals surface area contributed by atoms with Crippen molar-refractivity contribution < 1.29 is 14.6 Å². The van der Waals surface area contributed by atoms with Crippen LogP contribution in [0.15, 0.2) is 35.2 Å². The Morgan fingerprint density at radius 1 is 1.42 bits per heavy atom. The molecule has 1 aromatic carbocycles. The van der Waals surface area contributed by atoms with Crippen LogP contribution in [0.3, 0.4) is 0 Å². The van der Waals surface area contributed by atoms with Crippen molar-refractivity contribution in [1.82, 2.24) is 0 Å². The molecule has 0 aliphatic heterocycles.